The molecular formula is C23H26N4O4S2. The van der Waals surface area contributed by atoms with Crippen molar-refractivity contribution >= 4 is 33.4 Å². The molecule has 1 aliphatic rings. The van der Waals surface area contributed by atoms with Crippen molar-refractivity contribution < 1.29 is 17.6 Å². The van der Waals surface area contributed by atoms with E-state index in [-0.39, 0.29) is 22.6 Å². The molecule has 1 heterocycles. The lowest BCUT2D eigenvalue weighted by atomic mass is 9.95. The van der Waals surface area contributed by atoms with Gasteiger partial charge in [0.15, 0.2) is 0 Å². The van der Waals surface area contributed by atoms with Gasteiger partial charge in [-0.15, -0.1) is 10.2 Å². The van der Waals surface area contributed by atoms with E-state index in [1.165, 1.54) is 18.2 Å². The molecule has 10 heteroatoms. The van der Waals surface area contributed by atoms with Gasteiger partial charge in [-0.3, -0.25) is 9.52 Å². The van der Waals surface area contributed by atoms with Crippen molar-refractivity contribution in [3.8, 4) is 11.5 Å². The molecule has 0 unspecified atom stereocenters. The molecule has 3 aromatic rings. The zero-order chi connectivity index (χ0) is 23.3. The van der Waals surface area contributed by atoms with Crippen LogP contribution in [-0.2, 0) is 14.8 Å². The summed E-state index contributed by atoms with van der Waals surface area (Å²) >= 11 is 1.20. The van der Waals surface area contributed by atoms with Crippen LogP contribution in [0.4, 0.5) is 5.69 Å². The molecule has 174 valence electrons. The normalized spacial score (nSPS) is 14.7. The van der Waals surface area contributed by atoms with Crippen molar-refractivity contribution in [2.45, 2.75) is 55.2 Å². The Labute approximate surface area is 197 Å². The van der Waals surface area contributed by atoms with Crippen LogP contribution in [0.5, 0.6) is 0 Å². The maximum atomic E-state index is 12.5. The minimum absolute atomic E-state index is 0.0307. The number of carbonyl (C=O) groups excluding carboxylic acids is 1. The summed E-state index contributed by atoms with van der Waals surface area (Å²) in [5.74, 6) is 0.493. The highest BCUT2D eigenvalue weighted by Crippen LogP contribution is 2.25. The van der Waals surface area contributed by atoms with Crippen molar-refractivity contribution in [2.75, 3.05) is 10.5 Å². The minimum atomic E-state index is -3.67. The number of hydrogen-bond acceptors (Lipinski definition) is 7. The van der Waals surface area contributed by atoms with E-state index in [1.807, 2.05) is 6.92 Å². The monoisotopic (exact) mass is 486 g/mol. The molecule has 4 rings (SSSR count). The molecule has 0 atom stereocenters. The third-order valence-corrected chi connectivity index (χ3v) is 7.63. The second-order valence-electron chi connectivity index (χ2n) is 8.06. The summed E-state index contributed by atoms with van der Waals surface area (Å²) in [6.07, 6.45) is 5.65. The quantitative estimate of drug-likeness (QED) is 0.454. The first-order valence-electron chi connectivity index (χ1n) is 10.8. The second-order valence-corrected chi connectivity index (χ2v) is 10.7. The number of nitrogens with zero attached hydrogens (tertiary/aromatic N) is 2. The molecule has 0 spiro atoms. The van der Waals surface area contributed by atoms with E-state index in [9.17, 15) is 13.2 Å². The number of thioether (sulfide) groups is 1. The van der Waals surface area contributed by atoms with E-state index in [0.29, 0.717) is 22.4 Å². The maximum Gasteiger partial charge on any atom is 0.277 e. The fourth-order valence-electron chi connectivity index (χ4n) is 3.64. The highest BCUT2D eigenvalue weighted by atomic mass is 32.2. The number of carbonyl (C=O) groups is 1. The smallest absolute Gasteiger partial charge is 0.277 e. The number of amides is 1. The van der Waals surface area contributed by atoms with Crippen LogP contribution in [0.3, 0.4) is 0 Å². The number of benzene rings is 2. The second kappa shape index (κ2) is 10.4. The number of aryl methyl sites for hydroxylation is 1. The number of aromatic nitrogens is 2. The van der Waals surface area contributed by atoms with Crippen molar-refractivity contribution in [3.05, 3.63) is 54.1 Å². The first-order chi connectivity index (χ1) is 15.9. The fourth-order valence-corrected chi connectivity index (χ4v) is 5.27. The van der Waals surface area contributed by atoms with Gasteiger partial charge in [-0.25, -0.2) is 8.42 Å². The molecule has 33 heavy (non-hydrogen) atoms. The Hall–Kier alpha value is -2.85. The average molecular weight is 487 g/mol. The third-order valence-electron chi connectivity index (χ3n) is 5.42. The first-order valence-corrected chi connectivity index (χ1v) is 13.3. The largest absolute Gasteiger partial charge is 0.411 e. The van der Waals surface area contributed by atoms with E-state index < -0.39 is 10.0 Å². The SMILES string of the molecule is Cc1ccc(S(=O)(=O)Nc2ccc(-c3nnc(SCC(=O)NC4CCCCC4)o3)cc2)cc1. The standard InChI is InChI=1S/C23H26N4O4S2/c1-16-7-13-20(14-8-16)33(29,30)27-19-11-9-17(10-12-19)22-25-26-23(31-22)32-15-21(28)24-18-5-3-2-4-6-18/h7-14,18,27H,2-6,15H2,1H3,(H,24,28). The Kier molecular flexibility index (Phi) is 7.34. The summed E-state index contributed by atoms with van der Waals surface area (Å²) in [6.45, 7) is 1.90. The lowest BCUT2D eigenvalue weighted by Gasteiger charge is -2.22. The maximum absolute atomic E-state index is 12.5. The van der Waals surface area contributed by atoms with Crippen LogP contribution < -0.4 is 10.0 Å². The Morgan fingerprint density at radius 3 is 2.42 bits per heavy atom. The predicted molar refractivity (Wildman–Crippen MR) is 127 cm³/mol. The first kappa shape index (κ1) is 23.3. The van der Waals surface area contributed by atoms with Crippen LogP contribution in [0.15, 0.2) is 63.1 Å². The number of anilines is 1. The van der Waals surface area contributed by atoms with E-state index in [4.69, 9.17) is 4.42 Å². The van der Waals surface area contributed by atoms with Crippen molar-refractivity contribution in [1.29, 1.82) is 0 Å². The zero-order valence-electron chi connectivity index (χ0n) is 18.3. The van der Waals surface area contributed by atoms with Crippen LogP contribution in [0.2, 0.25) is 0 Å². The molecular weight excluding hydrogens is 460 g/mol. The molecule has 0 bridgehead atoms. The van der Waals surface area contributed by atoms with Crippen molar-refractivity contribution in [3.63, 3.8) is 0 Å². The van der Waals surface area contributed by atoms with Gasteiger partial charge < -0.3 is 9.73 Å². The minimum Gasteiger partial charge on any atom is -0.411 e. The molecule has 0 aliphatic heterocycles. The molecule has 1 saturated carbocycles. The van der Waals surface area contributed by atoms with Crippen LogP contribution in [0.1, 0.15) is 37.7 Å². The highest BCUT2D eigenvalue weighted by molar-refractivity contribution is 7.99. The van der Waals surface area contributed by atoms with Gasteiger partial charge in [0.25, 0.3) is 15.2 Å². The summed E-state index contributed by atoms with van der Waals surface area (Å²) in [7, 11) is -3.67. The Bertz CT molecular complexity index is 1190. The Morgan fingerprint density at radius 2 is 1.73 bits per heavy atom. The van der Waals surface area contributed by atoms with Gasteiger partial charge in [-0.1, -0.05) is 48.7 Å². The summed E-state index contributed by atoms with van der Waals surface area (Å²) in [5.41, 5.74) is 2.06. The molecule has 8 nitrogen and oxygen atoms in total. The molecule has 1 aromatic heterocycles. The lowest BCUT2D eigenvalue weighted by molar-refractivity contribution is -0.119. The lowest BCUT2D eigenvalue weighted by Crippen LogP contribution is -2.37. The van der Waals surface area contributed by atoms with E-state index >= 15 is 0 Å². The van der Waals surface area contributed by atoms with E-state index in [1.54, 1.807) is 48.5 Å². The molecule has 2 N–H and O–H groups in total. The fraction of sp³-hybridized carbons (Fsp3) is 0.348. The zero-order valence-corrected chi connectivity index (χ0v) is 19.9. The third kappa shape index (κ3) is 6.35. The molecule has 0 radical (unpaired) electrons. The summed E-state index contributed by atoms with van der Waals surface area (Å²) in [4.78, 5) is 12.4. The van der Waals surface area contributed by atoms with E-state index in [0.717, 1.165) is 31.2 Å². The number of rotatable bonds is 8. The highest BCUT2D eigenvalue weighted by Gasteiger charge is 2.17. The molecule has 2 aromatic carbocycles. The molecule has 1 fully saturated rings. The number of sulfonamides is 1. The molecule has 1 amide bonds. The van der Waals surface area contributed by atoms with Gasteiger partial charge in [0.05, 0.1) is 10.6 Å². The van der Waals surface area contributed by atoms with Crippen LogP contribution in [0, 0.1) is 6.92 Å². The Morgan fingerprint density at radius 1 is 1.03 bits per heavy atom. The molecule has 1 aliphatic carbocycles. The summed E-state index contributed by atoms with van der Waals surface area (Å²) in [6, 6.07) is 13.6. The van der Waals surface area contributed by atoms with Gasteiger partial charge in [0.2, 0.25) is 11.8 Å². The topological polar surface area (TPSA) is 114 Å². The van der Waals surface area contributed by atoms with Crippen molar-refractivity contribution in [1.82, 2.24) is 15.5 Å². The van der Waals surface area contributed by atoms with Gasteiger partial charge >= 0.3 is 0 Å². The summed E-state index contributed by atoms with van der Waals surface area (Å²) < 4.78 is 33.3. The number of nitrogens with one attached hydrogen (secondary N) is 2. The van der Waals surface area contributed by atoms with E-state index in [2.05, 4.69) is 20.2 Å². The predicted octanol–water partition coefficient (Wildman–Crippen LogP) is 4.39. The molecule has 0 saturated heterocycles. The van der Waals surface area contributed by atoms with Crippen molar-refractivity contribution in [2.24, 2.45) is 0 Å². The van der Waals surface area contributed by atoms with Gasteiger partial charge in [-0.05, 0) is 56.2 Å². The average Bonchev–Trinajstić information content (AvgIpc) is 3.28. The summed E-state index contributed by atoms with van der Waals surface area (Å²) in [5, 5.41) is 11.4. The Balaban J connectivity index is 1.32. The van der Waals surface area contributed by atoms with Gasteiger partial charge in [0.1, 0.15) is 0 Å². The van der Waals surface area contributed by atoms with Gasteiger partial charge in [-0.2, -0.15) is 0 Å². The van der Waals surface area contributed by atoms with Crippen LogP contribution in [-0.4, -0.2) is 36.3 Å². The van der Waals surface area contributed by atoms with Crippen LogP contribution in [0.25, 0.3) is 11.5 Å². The van der Waals surface area contributed by atoms with Gasteiger partial charge in [0, 0.05) is 17.3 Å². The number of hydrogen-bond donors (Lipinski definition) is 2. The van der Waals surface area contributed by atoms with Crippen LogP contribution >= 0.6 is 11.8 Å².